The highest BCUT2D eigenvalue weighted by atomic mass is 14.2. The summed E-state index contributed by atoms with van der Waals surface area (Å²) in [5.41, 5.74) is 5.45. The van der Waals surface area contributed by atoms with Gasteiger partial charge in [0.15, 0.2) is 0 Å². The minimum atomic E-state index is 0.762. The largest absolute Gasteiger partial charge is 0.0741 e. The van der Waals surface area contributed by atoms with E-state index in [0.29, 0.717) is 0 Å². The number of hydrogen-bond acceptors (Lipinski definition) is 0. The van der Waals surface area contributed by atoms with Crippen molar-refractivity contribution in [3.05, 3.63) is 82.2 Å². The van der Waals surface area contributed by atoms with Gasteiger partial charge in [-0.2, -0.15) is 0 Å². The Kier molecular flexibility index (Phi) is 4.20. The van der Waals surface area contributed by atoms with Crippen molar-refractivity contribution in [2.45, 2.75) is 39.0 Å². The molecule has 0 N–H and O–H groups in total. The highest BCUT2D eigenvalue weighted by Gasteiger charge is 2.14. The van der Waals surface area contributed by atoms with Crippen LogP contribution in [0.2, 0.25) is 0 Å². The summed E-state index contributed by atoms with van der Waals surface area (Å²) in [6.45, 7) is 2.21. The van der Waals surface area contributed by atoms with Gasteiger partial charge in [-0.3, -0.25) is 0 Å². The van der Waals surface area contributed by atoms with Crippen LogP contribution in [0.1, 0.15) is 37.7 Å². The predicted octanol–water partition coefficient (Wildman–Crippen LogP) is 5.90. The van der Waals surface area contributed by atoms with Crippen molar-refractivity contribution in [3.8, 4) is 11.1 Å². The number of allylic oxidation sites excluding steroid dienone is 2. The molecular formula is C27H26. The topological polar surface area (TPSA) is 0 Å². The van der Waals surface area contributed by atoms with E-state index in [0.717, 1.165) is 5.92 Å². The molecular weight excluding hydrogens is 324 g/mol. The lowest BCUT2D eigenvalue weighted by atomic mass is 9.88. The third-order valence-electron chi connectivity index (χ3n) is 6.15. The minimum absolute atomic E-state index is 0.762. The molecule has 3 aromatic rings. The molecule has 0 heteroatoms. The number of benzene rings is 3. The number of fused-ring (bicyclic) bond motifs is 2. The van der Waals surface area contributed by atoms with Gasteiger partial charge in [0.25, 0.3) is 0 Å². The predicted molar refractivity (Wildman–Crippen MR) is 117 cm³/mol. The lowest BCUT2D eigenvalue weighted by molar-refractivity contribution is 0.419. The zero-order valence-electron chi connectivity index (χ0n) is 16.0. The number of aryl methyl sites for hydroxylation is 1. The van der Waals surface area contributed by atoms with Gasteiger partial charge in [-0.1, -0.05) is 79.9 Å². The van der Waals surface area contributed by atoms with Crippen LogP contribution in [0, 0.1) is 12.8 Å². The van der Waals surface area contributed by atoms with Crippen molar-refractivity contribution in [2.75, 3.05) is 0 Å². The molecule has 0 amide bonds. The van der Waals surface area contributed by atoms with Gasteiger partial charge in [-0.05, 0) is 81.3 Å². The van der Waals surface area contributed by atoms with Gasteiger partial charge in [-0.15, -0.1) is 0 Å². The second-order valence-corrected chi connectivity index (χ2v) is 8.20. The van der Waals surface area contributed by atoms with Crippen LogP contribution in [-0.4, -0.2) is 0 Å². The Labute approximate surface area is 161 Å². The summed E-state index contributed by atoms with van der Waals surface area (Å²) in [6, 6.07) is 20.1. The molecule has 0 aromatic heterocycles. The fraction of sp³-hybridized carbons (Fsp3) is 0.259. The minimum Gasteiger partial charge on any atom is -0.0741 e. The lowest BCUT2D eigenvalue weighted by Gasteiger charge is -2.18. The normalized spacial score (nSPS) is 18.3. The Morgan fingerprint density at radius 3 is 2.52 bits per heavy atom. The first kappa shape index (κ1) is 16.6. The molecule has 2 aliphatic carbocycles. The van der Waals surface area contributed by atoms with Gasteiger partial charge in [0.2, 0.25) is 0 Å². The van der Waals surface area contributed by atoms with E-state index in [4.69, 9.17) is 0 Å². The highest BCUT2D eigenvalue weighted by Crippen LogP contribution is 2.29. The summed E-state index contributed by atoms with van der Waals surface area (Å²) in [5, 5.41) is 5.41. The van der Waals surface area contributed by atoms with Gasteiger partial charge in [-0.25, -0.2) is 0 Å². The molecule has 134 valence electrons. The average molecular weight is 351 g/mol. The third kappa shape index (κ3) is 3.14. The fourth-order valence-electron chi connectivity index (χ4n) is 4.85. The Morgan fingerprint density at radius 1 is 0.815 bits per heavy atom. The molecule has 1 fully saturated rings. The maximum absolute atomic E-state index is 2.53. The molecule has 0 saturated heterocycles. The third-order valence-corrected chi connectivity index (χ3v) is 6.15. The summed E-state index contributed by atoms with van der Waals surface area (Å²) in [7, 11) is 0. The molecule has 0 unspecified atom stereocenters. The zero-order valence-corrected chi connectivity index (χ0v) is 16.0. The van der Waals surface area contributed by atoms with Crippen molar-refractivity contribution < 1.29 is 0 Å². The molecule has 0 heterocycles. The Bertz CT molecular complexity index is 1150. The van der Waals surface area contributed by atoms with Crippen LogP contribution in [0.5, 0.6) is 0 Å². The summed E-state index contributed by atoms with van der Waals surface area (Å²) in [5.74, 6) is 0.762. The Balaban J connectivity index is 1.68. The lowest BCUT2D eigenvalue weighted by Crippen LogP contribution is -2.24. The molecule has 0 bridgehead atoms. The monoisotopic (exact) mass is 350 g/mol. The van der Waals surface area contributed by atoms with E-state index >= 15 is 0 Å². The molecule has 0 nitrogen and oxygen atoms in total. The van der Waals surface area contributed by atoms with E-state index in [1.807, 2.05) is 0 Å². The van der Waals surface area contributed by atoms with Crippen LogP contribution < -0.4 is 10.4 Å². The van der Waals surface area contributed by atoms with Crippen molar-refractivity contribution >= 4 is 22.9 Å². The van der Waals surface area contributed by atoms with Crippen LogP contribution in [-0.2, 0) is 0 Å². The second kappa shape index (κ2) is 6.85. The van der Waals surface area contributed by atoms with Crippen LogP contribution in [0.3, 0.4) is 0 Å². The van der Waals surface area contributed by atoms with Crippen LogP contribution in [0.25, 0.3) is 34.1 Å². The second-order valence-electron chi connectivity index (χ2n) is 8.20. The molecule has 0 radical (unpaired) electrons. The number of rotatable bonds is 2. The van der Waals surface area contributed by atoms with E-state index in [1.54, 1.807) is 0 Å². The van der Waals surface area contributed by atoms with Crippen molar-refractivity contribution in [1.82, 2.24) is 0 Å². The molecule has 2 aliphatic rings. The average Bonchev–Trinajstić information content (AvgIpc) is 3.09. The van der Waals surface area contributed by atoms with E-state index in [9.17, 15) is 0 Å². The van der Waals surface area contributed by atoms with E-state index in [1.165, 1.54) is 75.6 Å². The summed E-state index contributed by atoms with van der Waals surface area (Å²) in [6.07, 6.45) is 14.3. The molecule has 0 spiro atoms. The van der Waals surface area contributed by atoms with Crippen LogP contribution >= 0.6 is 0 Å². The molecule has 3 aromatic carbocycles. The standard InChI is InChI=1S/C27H26/c1-19-14-23-17-21(16-20-8-3-2-4-9-20)18-26(23)27(15-19)25-13-7-11-22-10-5-6-12-24(22)25/h5-7,10-18,20H,2-4,8-9H2,1H3. The molecule has 0 atom stereocenters. The highest BCUT2D eigenvalue weighted by molar-refractivity contribution is 5.97. The van der Waals surface area contributed by atoms with E-state index in [2.05, 4.69) is 79.7 Å². The Morgan fingerprint density at radius 2 is 1.63 bits per heavy atom. The first-order valence-corrected chi connectivity index (χ1v) is 10.3. The van der Waals surface area contributed by atoms with Gasteiger partial charge in [0.05, 0.1) is 0 Å². The van der Waals surface area contributed by atoms with Gasteiger partial charge in [0.1, 0.15) is 0 Å². The van der Waals surface area contributed by atoms with E-state index in [-0.39, 0.29) is 0 Å². The van der Waals surface area contributed by atoms with Crippen molar-refractivity contribution in [1.29, 1.82) is 0 Å². The van der Waals surface area contributed by atoms with Gasteiger partial charge in [0, 0.05) is 0 Å². The van der Waals surface area contributed by atoms with Gasteiger partial charge < -0.3 is 0 Å². The van der Waals surface area contributed by atoms with Crippen LogP contribution in [0.15, 0.2) is 66.2 Å². The fourth-order valence-corrected chi connectivity index (χ4v) is 4.85. The zero-order chi connectivity index (χ0) is 18.2. The first-order valence-electron chi connectivity index (χ1n) is 10.3. The van der Waals surface area contributed by atoms with E-state index < -0.39 is 0 Å². The van der Waals surface area contributed by atoms with Crippen LogP contribution in [0.4, 0.5) is 0 Å². The quantitative estimate of drug-likeness (QED) is 0.540. The SMILES string of the molecule is Cc1cc(-c2cccc3ccccc23)c2c(c1)=CC(=CC1CCCCC1)C=2. The molecule has 5 rings (SSSR count). The molecule has 0 aliphatic heterocycles. The maximum Gasteiger partial charge on any atom is -0.00963 e. The summed E-state index contributed by atoms with van der Waals surface area (Å²) in [4.78, 5) is 0. The van der Waals surface area contributed by atoms with Gasteiger partial charge >= 0.3 is 0 Å². The molecule has 27 heavy (non-hydrogen) atoms. The smallest absolute Gasteiger partial charge is 0.00963 e. The summed E-state index contributed by atoms with van der Waals surface area (Å²) >= 11 is 0. The van der Waals surface area contributed by atoms with Crippen molar-refractivity contribution in [2.24, 2.45) is 5.92 Å². The Hall–Kier alpha value is -2.60. The summed E-state index contributed by atoms with van der Waals surface area (Å²) < 4.78 is 0. The maximum atomic E-state index is 2.53. The number of hydrogen-bond donors (Lipinski definition) is 0. The van der Waals surface area contributed by atoms with Crippen molar-refractivity contribution in [3.63, 3.8) is 0 Å². The first-order chi connectivity index (χ1) is 13.3. The molecule has 1 saturated carbocycles.